The number of anilines is 1. The van der Waals surface area contributed by atoms with E-state index in [9.17, 15) is 4.79 Å². The van der Waals surface area contributed by atoms with Gasteiger partial charge in [0.25, 0.3) is 5.91 Å². The molecule has 21 heavy (non-hydrogen) atoms. The first-order valence-electron chi connectivity index (χ1n) is 6.67. The normalized spacial score (nSPS) is 13.6. The predicted octanol–water partition coefficient (Wildman–Crippen LogP) is 1.73. The molecule has 0 atom stereocenters. The third-order valence-corrected chi connectivity index (χ3v) is 3.50. The van der Waals surface area contributed by atoms with E-state index < -0.39 is 0 Å². The van der Waals surface area contributed by atoms with Gasteiger partial charge in [0.15, 0.2) is 12.4 Å². The summed E-state index contributed by atoms with van der Waals surface area (Å²) in [7, 11) is 0. The van der Waals surface area contributed by atoms with Gasteiger partial charge in [-0.15, -0.1) is 0 Å². The Morgan fingerprint density at radius 1 is 1.38 bits per heavy atom. The number of carbonyl (C=O) groups excluding carboxylic acids is 1. The molecule has 3 rings (SSSR count). The highest BCUT2D eigenvalue weighted by molar-refractivity contribution is 6.30. The van der Waals surface area contributed by atoms with E-state index in [1.54, 1.807) is 24.3 Å². The van der Waals surface area contributed by atoms with Crippen molar-refractivity contribution < 1.29 is 9.53 Å². The summed E-state index contributed by atoms with van der Waals surface area (Å²) in [6.45, 7) is 1.57. The summed E-state index contributed by atoms with van der Waals surface area (Å²) >= 11 is 5.78. The van der Waals surface area contributed by atoms with Crippen LogP contribution in [0.2, 0.25) is 5.02 Å². The van der Waals surface area contributed by atoms with Crippen LogP contribution in [0.1, 0.15) is 11.3 Å². The summed E-state index contributed by atoms with van der Waals surface area (Å²) in [6.07, 6.45) is 0.847. The fourth-order valence-electron chi connectivity index (χ4n) is 2.19. The molecule has 0 saturated heterocycles. The van der Waals surface area contributed by atoms with E-state index in [1.807, 2.05) is 0 Å². The van der Waals surface area contributed by atoms with E-state index in [0.717, 1.165) is 30.8 Å². The van der Waals surface area contributed by atoms with Crippen molar-refractivity contribution in [2.45, 2.75) is 13.0 Å². The Kier molecular flexibility index (Phi) is 4.08. The van der Waals surface area contributed by atoms with Crippen LogP contribution in [-0.4, -0.2) is 29.3 Å². The Bertz CT molecular complexity index is 639. The standard InChI is InChI=1S/C14H15ClN4O2/c15-9-1-3-10(4-2-9)21-8-13(20)17-14-11-5-6-16-7-12(11)18-19-14/h1-4,16H,5-8H2,(H2,17,18,19,20). The van der Waals surface area contributed by atoms with Crippen LogP contribution in [0.15, 0.2) is 24.3 Å². The van der Waals surface area contributed by atoms with Gasteiger partial charge >= 0.3 is 0 Å². The molecule has 2 heterocycles. The van der Waals surface area contributed by atoms with Crippen molar-refractivity contribution in [3.05, 3.63) is 40.5 Å². The number of carbonyl (C=O) groups is 1. The molecular formula is C14H15ClN4O2. The molecule has 3 N–H and O–H groups in total. The van der Waals surface area contributed by atoms with Gasteiger partial charge in [0.2, 0.25) is 0 Å². The summed E-state index contributed by atoms with van der Waals surface area (Å²) < 4.78 is 5.39. The van der Waals surface area contributed by atoms with Gasteiger partial charge in [-0.1, -0.05) is 11.6 Å². The number of nitrogens with zero attached hydrogens (tertiary/aromatic N) is 1. The fraction of sp³-hybridized carbons (Fsp3) is 0.286. The maximum absolute atomic E-state index is 11.9. The number of fused-ring (bicyclic) bond motifs is 1. The molecule has 1 aliphatic heterocycles. The van der Waals surface area contributed by atoms with E-state index in [0.29, 0.717) is 16.6 Å². The number of H-pyrrole nitrogens is 1. The summed E-state index contributed by atoms with van der Waals surface area (Å²) in [4.78, 5) is 11.9. The second-order valence-corrected chi connectivity index (χ2v) is 5.18. The van der Waals surface area contributed by atoms with Gasteiger partial charge in [0.05, 0.1) is 5.69 Å². The van der Waals surface area contributed by atoms with E-state index in [4.69, 9.17) is 16.3 Å². The molecule has 1 amide bonds. The highest BCUT2D eigenvalue weighted by Crippen LogP contribution is 2.20. The number of nitrogens with one attached hydrogen (secondary N) is 3. The third-order valence-electron chi connectivity index (χ3n) is 3.25. The lowest BCUT2D eigenvalue weighted by atomic mass is 10.1. The van der Waals surface area contributed by atoms with E-state index in [1.165, 1.54) is 0 Å². The predicted molar refractivity (Wildman–Crippen MR) is 79.6 cm³/mol. The van der Waals surface area contributed by atoms with Crippen molar-refractivity contribution in [2.75, 3.05) is 18.5 Å². The van der Waals surface area contributed by atoms with Crippen molar-refractivity contribution in [3.63, 3.8) is 0 Å². The molecule has 110 valence electrons. The van der Waals surface area contributed by atoms with Crippen LogP contribution in [0.25, 0.3) is 0 Å². The first kappa shape index (κ1) is 13.9. The number of rotatable bonds is 4. The van der Waals surface area contributed by atoms with Crippen LogP contribution >= 0.6 is 11.6 Å². The summed E-state index contributed by atoms with van der Waals surface area (Å²) in [5, 5.41) is 13.7. The SMILES string of the molecule is O=C(COc1ccc(Cl)cc1)Nc1n[nH]c2c1CCNC2. The maximum Gasteiger partial charge on any atom is 0.263 e. The van der Waals surface area contributed by atoms with Crippen molar-refractivity contribution in [2.24, 2.45) is 0 Å². The van der Waals surface area contributed by atoms with Gasteiger partial charge in [-0.25, -0.2) is 0 Å². The van der Waals surface area contributed by atoms with Crippen molar-refractivity contribution >= 4 is 23.3 Å². The molecule has 0 fully saturated rings. The lowest BCUT2D eigenvalue weighted by molar-refractivity contribution is -0.118. The summed E-state index contributed by atoms with van der Waals surface area (Å²) in [5.41, 5.74) is 2.09. The van der Waals surface area contributed by atoms with Crippen molar-refractivity contribution in [1.82, 2.24) is 15.5 Å². The number of ether oxygens (including phenoxy) is 1. The quantitative estimate of drug-likeness (QED) is 0.804. The Labute approximate surface area is 126 Å². The molecule has 1 aliphatic rings. The average molecular weight is 307 g/mol. The van der Waals surface area contributed by atoms with Crippen LogP contribution < -0.4 is 15.4 Å². The van der Waals surface area contributed by atoms with Crippen molar-refractivity contribution in [1.29, 1.82) is 0 Å². The monoisotopic (exact) mass is 306 g/mol. The molecule has 1 aromatic carbocycles. The van der Waals surface area contributed by atoms with E-state index >= 15 is 0 Å². The van der Waals surface area contributed by atoms with Gasteiger partial charge in [-0.05, 0) is 37.2 Å². The Morgan fingerprint density at radius 3 is 3.00 bits per heavy atom. The van der Waals surface area contributed by atoms with Crippen LogP contribution in [0, 0.1) is 0 Å². The second kappa shape index (κ2) is 6.15. The first-order chi connectivity index (χ1) is 10.2. The van der Waals surface area contributed by atoms with Gasteiger partial charge in [0, 0.05) is 17.1 Å². The number of hydrogen-bond donors (Lipinski definition) is 3. The lowest BCUT2D eigenvalue weighted by Crippen LogP contribution is -2.25. The number of benzene rings is 1. The number of hydrogen-bond acceptors (Lipinski definition) is 4. The van der Waals surface area contributed by atoms with E-state index in [2.05, 4.69) is 20.8 Å². The molecule has 0 spiro atoms. The number of aromatic amines is 1. The number of amides is 1. The van der Waals surface area contributed by atoms with Crippen LogP contribution in [0.3, 0.4) is 0 Å². The molecule has 7 heteroatoms. The van der Waals surface area contributed by atoms with Crippen molar-refractivity contribution in [3.8, 4) is 5.75 Å². The molecule has 6 nitrogen and oxygen atoms in total. The minimum Gasteiger partial charge on any atom is -0.484 e. The molecule has 0 saturated carbocycles. The Balaban J connectivity index is 1.57. The molecule has 1 aromatic heterocycles. The minimum atomic E-state index is -0.238. The lowest BCUT2D eigenvalue weighted by Gasteiger charge is -2.13. The summed E-state index contributed by atoms with van der Waals surface area (Å²) in [6, 6.07) is 6.87. The largest absolute Gasteiger partial charge is 0.484 e. The van der Waals surface area contributed by atoms with Gasteiger partial charge in [-0.2, -0.15) is 5.10 Å². The van der Waals surface area contributed by atoms with Crippen LogP contribution in [0.4, 0.5) is 5.82 Å². The minimum absolute atomic E-state index is 0.0679. The Hall–Kier alpha value is -2.05. The number of aromatic nitrogens is 2. The van der Waals surface area contributed by atoms with Gasteiger partial charge < -0.3 is 15.4 Å². The zero-order valence-corrected chi connectivity index (χ0v) is 12.0. The topological polar surface area (TPSA) is 79.0 Å². The highest BCUT2D eigenvalue weighted by atomic mass is 35.5. The fourth-order valence-corrected chi connectivity index (χ4v) is 2.32. The molecule has 0 aliphatic carbocycles. The second-order valence-electron chi connectivity index (χ2n) is 4.75. The molecule has 2 aromatic rings. The van der Waals surface area contributed by atoms with E-state index in [-0.39, 0.29) is 12.5 Å². The summed E-state index contributed by atoms with van der Waals surface area (Å²) in [5.74, 6) is 0.955. The average Bonchev–Trinajstić information content (AvgIpc) is 2.90. The zero-order valence-electron chi connectivity index (χ0n) is 11.3. The Morgan fingerprint density at radius 2 is 2.19 bits per heavy atom. The molecule has 0 bridgehead atoms. The smallest absolute Gasteiger partial charge is 0.263 e. The molecule has 0 radical (unpaired) electrons. The van der Waals surface area contributed by atoms with Gasteiger partial charge in [0.1, 0.15) is 5.75 Å². The zero-order chi connectivity index (χ0) is 14.7. The van der Waals surface area contributed by atoms with Gasteiger partial charge in [-0.3, -0.25) is 9.89 Å². The maximum atomic E-state index is 11.9. The number of halogens is 1. The molecular weight excluding hydrogens is 292 g/mol. The third kappa shape index (κ3) is 3.34. The van der Waals surface area contributed by atoms with Crippen LogP contribution in [-0.2, 0) is 17.8 Å². The highest BCUT2D eigenvalue weighted by Gasteiger charge is 2.18. The first-order valence-corrected chi connectivity index (χ1v) is 7.05. The van der Waals surface area contributed by atoms with Crippen LogP contribution in [0.5, 0.6) is 5.75 Å². The molecule has 0 unspecified atom stereocenters.